The third kappa shape index (κ3) is 3.12. The second-order valence-corrected chi connectivity index (χ2v) is 7.52. The normalized spacial score (nSPS) is 13.1. The van der Waals surface area contributed by atoms with E-state index in [9.17, 15) is 9.18 Å². The van der Waals surface area contributed by atoms with E-state index < -0.39 is 5.82 Å². The number of fused-ring (bicyclic) bond motifs is 2. The monoisotopic (exact) mass is 401 g/mol. The molecule has 0 bridgehead atoms. The molecule has 0 unspecified atom stereocenters. The molecule has 1 aliphatic heterocycles. The van der Waals surface area contributed by atoms with Gasteiger partial charge in [-0.25, -0.2) is 4.39 Å². The first-order valence-electron chi connectivity index (χ1n) is 9.96. The van der Waals surface area contributed by atoms with Crippen molar-refractivity contribution in [1.29, 1.82) is 0 Å². The van der Waals surface area contributed by atoms with E-state index in [1.165, 1.54) is 6.07 Å². The zero-order valence-electron chi connectivity index (χ0n) is 16.5. The minimum atomic E-state index is -0.519. The highest BCUT2D eigenvalue weighted by molar-refractivity contribution is 5.95. The summed E-state index contributed by atoms with van der Waals surface area (Å²) >= 11 is 0. The van der Waals surface area contributed by atoms with Crippen LogP contribution in [-0.4, -0.2) is 31.2 Å². The molecule has 0 saturated carbocycles. The van der Waals surface area contributed by atoms with Crippen LogP contribution in [0.2, 0.25) is 0 Å². The summed E-state index contributed by atoms with van der Waals surface area (Å²) in [7, 11) is 0. The summed E-state index contributed by atoms with van der Waals surface area (Å²) < 4.78 is 14.5. The average Bonchev–Trinajstić information content (AvgIpc) is 3.37. The first-order chi connectivity index (χ1) is 14.6. The Balaban J connectivity index is 1.45. The van der Waals surface area contributed by atoms with Gasteiger partial charge < -0.3 is 4.90 Å². The van der Waals surface area contributed by atoms with Crippen molar-refractivity contribution in [2.45, 2.75) is 32.9 Å². The highest BCUT2D eigenvalue weighted by Gasteiger charge is 2.27. The number of rotatable bonds is 4. The SMILES string of the molecule is CCc1nnc(Cc2ccc(F)c(C(=O)N3Cc4cn[nH]c4C3)c2)c2ccccc12. The van der Waals surface area contributed by atoms with Crippen LogP contribution in [0.5, 0.6) is 0 Å². The summed E-state index contributed by atoms with van der Waals surface area (Å²) in [4.78, 5) is 14.6. The fraction of sp³-hybridized carbons (Fsp3) is 0.217. The van der Waals surface area contributed by atoms with E-state index in [4.69, 9.17) is 0 Å². The Morgan fingerprint density at radius 3 is 2.63 bits per heavy atom. The van der Waals surface area contributed by atoms with E-state index in [2.05, 4.69) is 27.3 Å². The van der Waals surface area contributed by atoms with Gasteiger partial charge in [-0.1, -0.05) is 37.3 Å². The van der Waals surface area contributed by atoms with Gasteiger partial charge in [0.15, 0.2) is 0 Å². The van der Waals surface area contributed by atoms with Gasteiger partial charge in [0, 0.05) is 29.3 Å². The van der Waals surface area contributed by atoms with Crippen LogP contribution in [0.3, 0.4) is 0 Å². The molecule has 0 saturated heterocycles. The number of carbonyl (C=O) groups excluding carboxylic acids is 1. The van der Waals surface area contributed by atoms with E-state index in [1.807, 2.05) is 24.3 Å². The number of aromatic amines is 1. The smallest absolute Gasteiger partial charge is 0.257 e. The molecule has 2 aromatic carbocycles. The predicted molar refractivity (Wildman–Crippen MR) is 110 cm³/mol. The fourth-order valence-electron chi connectivity index (χ4n) is 4.02. The van der Waals surface area contributed by atoms with E-state index >= 15 is 0 Å². The molecule has 0 atom stereocenters. The van der Waals surface area contributed by atoms with Crippen molar-refractivity contribution in [3.63, 3.8) is 0 Å². The Hall–Kier alpha value is -3.61. The zero-order chi connectivity index (χ0) is 20.7. The number of hydrogen-bond acceptors (Lipinski definition) is 4. The van der Waals surface area contributed by atoms with Crippen molar-refractivity contribution in [2.24, 2.45) is 0 Å². The Morgan fingerprint density at radius 1 is 1.10 bits per heavy atom. The van der Waals surface area contributed by atoms with Crippen molar-refractivity contribution < 1.29 is 9.18 Å². The Labute approximate surface area is 172 Å². The quantitative estimate of drug-likeness (QED) is 0.564. The number of benzene rings is 2. The summed E-state index contributed by atoms with van der Waals surface area (Å²) in [5.41, 5.74) is 4.54. The lowest BCUT2D eigenvalue weighted by Crippen LogP contribution is -2.26. The summed E-state index contributed by atoms with van der Waals surface area (Å²) in [5.74, 6) is -0.842. The van der Waals surface area contributed by atoms with Crippen LogP contribution in [0.15, 0.2) is 48.7 Å². The van der Waals surface area contributed by atoms with E-state index in [0.717, 1.165) is 45.4 Å². The van der Waals surface area contributed by atoms with Crippen molar-refractivity contribution in [2.75, 3.05) is 0 Å². The van der Waals surface area contributed by atoms with Gasteiger partial charge >= 0.3 is 0 Å². The van der Waals surface area contributed by atoms with Crippen molar-refractivity contribution in [1.82, 2.24) is 25.3 Å². The number of hydrogen-bond donors (Lipinski definition) is 1. The Kier molecular flexibility index (Phi) is 4.50. The van der Waals surface area contributed by atoms with Gasteiger partial charge in [-0.2, -0.15) is 15.3 Å². The molecular formula is C23H20FN5O. The maximum absolute atomic E-state index is 14.5. The zero-order valence-corrected chi connectivity index (χ0v) is 16.5. The topological polar surface area (TPSA) is 74.8 Å². The number of nitrogens with one attached hydrogen (secondary N) is 1. The molecule has 5 rings (SSSR count). The summed E-state index contributed by atoms with van der Waals surface area (Å²) in [6.45, 7) is 2.90. The van der Waals surface area contributed by atoms with Crippen LogP contribution >= 0.6 is 0 Å². The van der Waals surface area contributed by atoms with Gasteiger partial charge in [-0.15, -0.1) is 0 Å². The fourth-order valence-corrected chi connectivity index (χ4v) is 4.02. The maximum atomic E-state index is 14.5. The molecule has 30 heavy (non-hydrogen) atoms. The first-order valence-corrected chi connectivity index (χ1v) is 9.96. The van der Waals surface area contributed by atoms with Crippen molar-refractivity contribution >= 4 is 16.7 Å². The molecule has 6 nitrogen and oxygen atoms in total. The molecule has 1 N–H and O–H groups in total. The lowest BCUT2D eigenvalue weighted by Gasteiger charge is -2.16. The molecular weight excluding hydrogens is 381 g/mol. The second kappa shape index (κ2) is 7.33. The van der Waals surface area contributed by atoms with E-state index in [-0.39, 0.29) is 11.5 Å². The van der Waals surface area contributed by atoms with Crippen LogP contribution < -0.4 is 0 Å². The van der Waals surface area contributed by atoms with Crippen LogP contribution in [0.25, 0.3) is 10.8 Å². The molecule has 2 aromatic heterocycles. The largest absolute Gasteiger partial charge is 0.328 e. The Bertz CT molecular complexity index is 1250. The minimum Gasteiger partial charge on any atom is -0.328 e. The van der Waals surface area contributed by atoms with Crippen molar-refractivity contribution in [3.05, 3.63) is 88.3 Å². The number of aryl methyl sites for hydroxylation is 1. The molecule has 4 aromatic rings. The van der Waals surface area contributed by atoms with E-state index in [0.29, 0.717) is 19.5 Å². The molecule has 0 radical (unpaired) electrons. The average molecular weight is 401 g/mol. The lowest BCUT2D eigenvalue weighted by atomic mass is 10.0. The van der Waals surface area contributed by atoms with Gasteiger partial charge in [0.25, 0.3) is 5.91 Å². The van der Waals surface area contributed by atoms with Gasteiger partial charge in [-0.3, -0.25) is 9.89 Å². The number of halogens is 1. The highest BCUT2D eigenvalue weighted by Crippen LogP contribution is 2.25. The molecule has 0 spiro atoms. The highest BCUT2D eigenvalue weighted by atomic mass is 19.1. The standard InChI is InChI=1S/C23H20FN5O/c1-2-20-16-5-3-4-6-17(16)21(28-27-20)10-14-7-8-19(24)18(9-14)23(30)29-12-15-11-25-26-22(15)13-29/h3-9,11H,2,10,12-13H2,1H3,(H,25,26). The summed E-state index contributed by atoms with van der Waals surface area (Å²) in [5, 5.41) is 17.8. The second-order valence-electron chi connectivity index (χ2n) is 7.52. The third-order valence-corrected chi connectivity index (χ3v) is 5.61. The molecule has 1 amide bonds. The predicted octanol–water partition coefficient (Wildman–Crippen LogP) is 3.80. The maximum Gasteiger partial charge on any atom is 0.257 e. The van der Waals surface area contributed by atoms with Gasteiger partial charge in [0.1, 0.15) is 5.82 Å². The number of H-pyrrole nitrogens is 1. The lowest BCUT2D eigenvalue weighted by molar-refractivity contribution is 0.0744. The number of amides is 1. The Morgan fingerprint density at radius 2 is 1.87 bits per heavy atom. The molecule has 3 heterocycles. The molecule has 1 aliphatic rings. The molecule has 7 heteroatoms. The number of carbonyl (C=O) groups is 1. The number of nitrogens with zero attached hydrogens (tertiary/aromatic N) is 4. The minimum absolute atomic E-state index is 0.0769. The number of aromatic nitrogens is 4. The van der Waals surface area contributed by atoms with Crippen molar-refractivity contribution in [3.8, 4) is 0 Å². The van der Waals surface area contributed by atoms with E-state index in [1.54, 1.807) is 23.2 Å². The molecule has 0 aliphatic carbocycles. The van der Waals surface area contributed by atoms with Crippen LogP contribution in [0.1, 0.15) is 45.5 Å². The summed E-state index contributed by atoms with van der Waals surface area (Å²) in [6.07, 6.45) is 2.98. The first kappa shape index (κ1) is 18.4. The van der Waals surface area contributed by atoms with Gasteiger partial charge in [0.05, 0.1) is 35.4 Å². The summed E-state index contributed by atoms with van der Waals surface area (Å²) in [6, 6.07) is 12.7. The molecule has 150 valence electrons. The van der Waals surface area contributed by atoms with Gasteiger partial charge in [-0.05, 0) is 24.1 Å². The third-order valence-electron chi connectivity index (χ3n) is 5.61. The van der Waals surface area contributed by atoms with Crippen LogP contribution in [-0.2, 0) is 25.9 Å². The van der Waals surface area contributed by atoms with Crippen LogP contribution in [0, 0.1) is 5.82 Å². The molecule has 0 fully saturated rings. The van der Waals surface area contributed by atoms with Crippen LogP contribution in [0.4, 0.5) is 4.39 Å². The van der Waals surface area contributed by atoms with Gasteiger partial charge in [0.2, 0.25) is 0 Å².